The Hall–Kier alpha value is -0.530. The number of hydrogen-bond donors (Lipinski definition) is 2. The van der Waals surface area contributed by atoms with Crippen LogP contribution >= 0.6 is 11.3 Å². The van der Waals surface area contributed by atoms with E-state index in [1.54, 1.807) is 11.3 Å². The number of rotatable bonds is 4. The Balaban J connectivity index is 2.40. The van der Waals surface area contributed by atoms with Gasteiger partial charge in [-0.3, -0.25) is 15.3 Å². The van der Waals surface area contributed by atoms with Gasteiger partial charge in [0.2, 0.25) is 0 Å². The van der Waals surface area contributed by atoms with Crippen LogP contribution in [0.25, 0.3) is 0 Å². The van der Waals surface area contributed by atoms with Gasteiger partial charge < -0.3 is 0 Å². The summed E-state index contributed by atoms with van der Waals surface area (Å²) < 4.78 is 0. The van der Waals surface area contributed by atoms with Crippen molar-refractivity contribution in [2.24, 2.45) is 0 Å². The number of thiazole rings is 1. The summed E-state index contributed by atoms with van der Waals surface area (Å²) in [6.45, 7) is 4.09. The van der Waals surface area contributed by atoms with E-state index in [1.165, 1.54) is 0 Å². The summed E-state index contributed by atoms with van der Waals surface area (Å²) >= 11 is 1.59. The van der Waals surface area contributed by atoms with Gasteiger partial charge in [-0.05, 0) is 13.8 Å². The molecule has 1 heterocycles. The Morgan fingerprint density at radius 2 is 2.15 bits per heavy atom. The van der Waals surface area contributed by atoms with Crippen LogP contribution in [0.1, 0.15) is 15.6 Å². The molecule has 0 aliphatic carbocycles. The first kappa shape index (κ1) is 10.6. The molecule has 74 valence electrons. The van der Waals surface area contributed by atoms with Crippen molar-refractivity contribution in [3.05, 3.63) is 15.6 Å². The number of aromatic nitrogens is 1. The van der Waals surface area contributed by atoms with Crippen LogP contribution in [-0.4, -0.2) is 27.4 Å². The SMILES string of the molecule is Cc1nc(C)c(CCON(O)O)s1. The molecule has 0 aliphatic heterocycles. The van der Waals surface area contributed by atoms with Gasteiger partial charge in [0, 0.05) is 11.3 Å². The van der Waals surface area contributed by atoms with E-state index in [1.807, 2.05) is 13.8 Å². The molecule has 0 radical (unpaired) electrons. The maximum Gasteiger partial charge on any atom is 0.0900 e. The first-order valence-corrected chi connectivity index (χ1v) is 4.65. The zero-order chi connectivity index (χ0) is 9.84. The van der Waals surface area contributed by atoms with Crippen LogP contribution in [0.2, 0.25) is 0 Å². The molecule has 0 atom stereocenters. The summed E-state index contributed by atoms with van der Waals surface area (Å²) in [4.78, 5) is 9.78. The highest BCUT2D eigenvalue weighted by Crippen LogP contribution is 2.17. The zero-order valence-electron chi connectivity index (χ0n) is 7.52. The largest absolute Gasteiger partial charge is 0.266 e. The summed E-state index contributed by atoms with van der Waals surface area (Å²) in [6.07, 6.45) is 0.634. The van der Waals surface area contributed by atoms with Crippen LogP contribution < -0.4 is 0 Å². The van der Waals surface area contributed by atoms with Crippen LogP contribution in [0.3, 0.4) is 0 Å². The lowest BCUT2D eigenvalue weighted by Crippen LogP contribution is -2.16. The number of nitrogens with zero attached hydrogens (tertiary/aromatic N) is 2. The van der Waals surface area contributed by atoms with E-state index in [2.05, 4.69) is 9.82 Å². The van der Waals surface area contributed by atoms with E-state index in [9.17, 15) is 0 Å². The van der Waals surface area contributed by atoms with E-state index in [0.717, 1.165) is 15.6 Å². The lowest BCUT2D eigenvalue weighted by molar-refractivity contribution is -0.492. The van der Waals surface area contributed by atoms with E-state index in [-0.39, 0.29) is 12.0 Å². The predicted molar refractivity (Wildman–Crippen MR) is 46.7 cm³/mol. The summed E-state index contributed by atoms with van der Waals surface area (Å²) in [6, 6.07) is 0. The van der Waals surface area contributed by atoms with E-state index in [0.29, 0.717) is 6.42 Å². The molecule has 13 heavy (non-hydrogen) atoms. The van der Waals surface area contributed by atoms with Crippen molar-refractivity contribution in [3.8, 4) is 0 Å². The number of aryl methyl sites for hydroxylation is 2. The van der Waals surface area contributed by atoms with Crippen molar-refractivity contribution < 1.29 is 15.3 Å². The highest BCUT2D eigenvalue weighted by atomic mass is 32.1. The molecule has 1 rings (SSSR count). The Morgan fingerprint density at radius 1 is 1.46 bits per heavy atom. The molecule has 0 saturated carbocycles. The van der Waals surface area contributed by atoms with Crippen molar-refractivity contribution in [3.63, 3.8) is 0 Å². The second kappa shape index (κ2) is 4.64. The van der Waals surface area contributed by atoms with Crippen LogP contribution in [0.5, 0.6) is 0 Å². The molecule has 0 spiro atoms. The third kappa shape index (κ3) is 3.37. The topological polar surface area (TPSA) is 65.8 Å². The van der Waals surface area contributed by atoms with Crippen molar-refractivity contribution in [2.75, 3.05) is 6.61 Å². The molecule has 0 saturated heterocycles. The van der Waals surface area contributed by atoms with Crippen LogP contribution in [0.15, 0.2) is 0 Å². The fourth-order valence-corrected chi connectivity index (χ4v) is 1.94. The first-order valence-electron chi connectivity index (χ1n) is 3.83. The minimum absolute atomic E-state index is 0.232. The van der Waals surface area contributed by atoms with Gasteiger partial charge in [-0.2, -0.15) is 0 Å². The molecular weight excluding hydrogens is 192 g/mol. The third-order valence-corrected chi connectivity index (χ3v) is 2.67. The zero-order valence-corrected chi connectivity index (χ0v) is 8.34. The van der Waals surface area contributed by atoms with Crippen molar-refractivity contribution in [1.29, 1.82) is 0 Å². The van der Waals surface area contributed by atoms with Gasteiger partial charge in [0.1, 0.15) is 0 Å². The van der Waals surface area contributed by atoms with Gasteiger partial charge in [0.25, 0.3) is 0 Å². The standard InChI is InChI=1S/C7H12N2O3S/c1-5-7(13-6(2)8-5)3-4-12-9(10)11/h10-11H,3-4H2,1-2H3. The fourth-order valence-electron chi connectivity index (χ4n) is 1.03. The van der Waals surface area contributed by atoms with Crippen molar-refractivity contribution in [1.82, 2.24) is 10.4 Å². The monoisotopic (exact) mass is 204 g/mol. The first-order chi connectivity index (χ1) is 6.09. The third-order valence-electron chi connectivity index (χ3n) is 1.54. The Labute approximate surface area is 80.1 Å². The normalized spacial score (nSPS) is 11.2. The summed E-state index contributed by atoms with van der Waals surface area (Å²) in [5, 5.41) is 17.3. The van der Waals surface area contributed by atoms with Crippen LogP contribution in [0.4, 0.5) is 0 Å². The van der Waals surface area contributed by atoms with Gasteiger partial charge in [-0.1, -0.05) is 0 Å². The van der Waals surface area contributed by atoms with Gasteiger partial charge in [-0.15, -0.1) is 11.3 Å². The molecule has 0 amide bonds. The van der Waals surface area contributed by atoms with E-state index < -0.39 is 0 Å². The smallest absolute Gasteiger partial charge is 0.0900 e. The molecule has 1 aromatic rings. The lowest BCUT2D eigenvalue weighted by atomic mass is 10.3. The van der Waals surface area contributed by atoms with Gasteiger partial charge in [0.15, 0.2) is 0 Å². The second-order valence-electron chi connectivity index (χ2n) is 2.58. The summed E-state index contributed by atoms with van der Waals surface area (Å²) in [5.41, 5.74) is 0.980. The number of hydrogen-bond acceptors (Lipinski definition) is 6. The van der Waals surface area contributed by atoms with Gasteiger partial charge in [0.05, 0.1) is 22.7 Å². The molecule has 5 nitrogen and oxygen atoms in total. The highest BCUT2D eigenvalue weighted by molar-refractivity contribution is 7.11. The Bertz CT molecular complexity index is 275. The van der Waals surface area contributed by atoms with Crippen molar-refractivity contribution >= 4 is 11.3 Å². The Kier molecular flexibility index (Phi) is 3.76. The van der Waals surface area contributed by atoms with Gasteiger partial charge in [-0.25, -0.2) is 4.98 Å². The highest BCUT2D eigenvalue weighted by Gasteiger charge is 2.04. The molecule has 0 aromatic carbocycles. The quantitative estimate of drug-likeness (QED) is 0.724. The van der Waals surface area contributed by atoms with Crippen LogP contribution in [0, 0.1) is 13.8 Å². The molecule has 1 aromatic heterocycles. The van der Waals surface area contributed by atoms with Crippen molar-refractivity contribution in [2.45, 2.75) is 20.3 Å². The fraction of sp³-hybridized carbons (Fsp3) is 0.571. The van der Waals surface area contributed by atoms with Crippen LogP contribution in [-0.2, 0) is 11.3 Å². The second-order valence-corrected chi connectivity index (χ2v) is 3.87. The molecule has 0 unspecified atom stereocenters. The lowest BCUT2D eigenvalue weighted by Gasteiger charge is -2.04. The molecule has 2 N–H and O–H groups in total. The molecule has 6 heteroatoms. The summed E-state index contributed by atoms with van der Waals surface area (Å²) in [5.74, 6) is 0. The Morgan fingerprint density at radius 3 is 2.62 bits per heavy atom. The molecule has 0 aliphatic rings. The minimum atomic E-state index is -0.275. The van der Waals surface area contributed by atoms with E-state index in [4.69, 9.17) is 10.4 Å². The minimum Gasteiger partial charge on any atom is -0.266 e. The molecule has 0 bridgehead atoms. The maximum absolute atomic E-state index is 8.26. The average Bonchev–Trinajstić information content (AvgIpc) is 2.29. The maximum atomic E-state index is 8.26. The summed E-state index contributed by atoms with van der Waals surface area (Å²) in [7, 11) is 0. The average molecular weight is 204 g/mol. The van der Waals surface area contributed by atoms with E-state index >= 15 is 0 Å². The predicted octanol–water partition coefficient (Wildman–Crippen LogP) is 1.31. The molecular formula is C7H12N2O3S. The van der Waals surface area contributed by atoms with Gasteiger partial charge >= 0.3 is 0 Å². The molecule has 0 fully saturated rings.